The summed E-state index contributed by atoms with van der Waals surface area (Å²) in [5.41, 5.74) is 0.431. The molecule has 1 aliphatic carbocycles. The predicted molar refractivity (Wildman–Crippen MR) is 126 cm³/mol. The van der Waals surface area contributed by atoms with E-state index in [0.29, 0.717) is 36.7 Å². The molecule has 0 radical (unpaired) electrons. The second-order valence-corrected chi connectivity index (χ2v) is 9.35. The number of nitrogens with zero attached hydrogens (tertiary/aromatic N) is 3. The maximum atomic E-state index is 13.5. The van der Waals surface area contributed by atoms with E-state index in [9.17, 15) is 20.0 Å². The molecule has 0 unspecified atom stereocenters. The second-order valence-electron chi connectivity index (χ2n) is 8.40. The average molecular weight is 454 g/mol. The normalized spacial score (nSPS) is 17.6. The molecule has 3 aromatic rings. The van der Waals surface area contributed by atoms with E-state index < -0.39 is 10.8 Å². The molecule has 9 heteroatoms. The van der Waals surface area contributed by atoms with Crippen LogP contribution < -0.4 is 15.7 Å². The first kappa shape index (κ1) is 21.1. The lowest BCUT2D eigenvalue weighted by molar-refractivity contribution is -0.715. The maximum absolute atomic E-state index is 13.5. The lowest BCUT2D eigenvalue weighted by Crippen LogP contribution is -2.97. The van der Waals surface area contributed by atoms with Crippen LogP contribution in [-0.4, -0.2) is 41.6 Å². The zero-order valence-corrected chi connectivity index (χ0v) is 18.5. The van der Waals surface area contributed by atoms with Crippen molar-refractivity contribution in [2.24, 2.45) is 0 Å². The fourth-order valence-corrected chi connectivity index (χ4v) is 5.77. The number of hydrogen-bond acceptors (Lipinski definition) is 6. The van der Waals surface area contributed by atoms with Crippen LogP contribution in [0.3, 0.4) is 0 Å². The summed E-state index contributed by atoms with van der Waals surface area (Å²) >= 11 is 1.41. The van der Waals surface area contributed by atoms with E-state index in [-0.39, 0.29) is 17.6 Å². The van der Waals surface area contributed by atoms with Crippen molar-refractivity contribution >= 4 is 39.5 Å². The van der Waals surface area contributed by atoms with Crippen molar-refractivity contribution in [2.75, 3.05) is 31.1 Å². The molecule has 1 saturated carbocycles. The predicted octanol–water partition coefficient (Wildman–Crippen LogP) is 2.65. The summed E-state index contributed by atoms with van der Waals surface area (Å²) in [5.74, 6) is -0.0127. The first-order valence-corrected chi connectivity index (χ1v) is 11.9. The minimum absolute atomic E-state index is 0.0127. The number of quaternary nitrogens is 1. The van der Waals surface area contributed by atoms with Gasteiger partial charge in [0.25, 0.3) is 5.91 Å². The number of para-hydroxylation sites is 1. The number of carbonyl (C=O) groups is 1. The standard InChI is InChI=1S/C23H25N4O4S/c28-22(19-10-5-15-32-19)25-13-11-24(12-14-25)20-17-8-3-4-9-18(17)26(16-6-1-2-7-16)23(29)21(20)27(30)31/h3-5,8-10,15-16,27H,1-2,6-7,11-14H2/q-1. The Kier molecular flexibility index (Phi) is 5.73. The van der Waals surface area contributed by atoms with Gasteiger partial charge in [0, 0.05) is 37.6 Å². The Hall–Kier alpha value is -2.72. The topological polar surface area (TPSA) is 96.1 Å². The number of nitrogens with one attached hydrogen (secondary N) is 1. The molecule has 3 heterocycles. The maximum Gasteiger partial charge on any atom is 0.315 e. The summed E-state index contributed by atoms with van der Waals surface area (Å²) in [6, 6.07) is 11.2. The summed E-state index contributed by atoms with van der Waals surface area (Å²) in [5, 5.41) is 25.6. The molecule has 168 valence electrons. The molecule has 1 aliphatic heterocycles. The molecular formula is C23H25N4O4S-. The Bertz CT molecular complexity index is 1180. The summed E-state index contributed by atoms with van der Waals surface area (Å²) < 4.78 is 1.67. The number of thiophene rings is 1. The molecule has 32 heavy (non-hydrogen) atoms. The minimum atomic E-state index is -1.44. The van der Waals surface area contributed by atoms with Crippen LogP contribution in [-0.2, 0) is 0 Å². The van der Waals surface area contributed by atoms with Crippen molar-refractivity contribution < 1.29 is 10.0 Å². The number of benzene rings is 1. The van der Waals surface area contributed by atoms with E-state index in [2.05, 4.69) is 0 Å². The van der Waals surface area contributed by atoms with Crippen LogP contribution in [0.2, 0.25) is 0 Å². The van der Waals surface area contributed by atoms with Gasteiger partial charge in [-0.1, -0.05) is 37.1 Å². The van der Waals surface area contributed by atoms with Gasteiger partial charge in [0.05, 0.1) is 10.4 Å². The molecule has 0 atom stereocenters. The Morgan fingerprint density at radius 1 is 1.00 bits per heavy atom. The largest absolute Gasteiger partial charge is 0.627 e. The van der Waals surface area contributed by atoms with Crippen molar-refractivity contribution in [3.63, 3.8) is 0 Å². The molecular weight excluding hydrogens is 428 g/mol. The van der Waals surface area contributed by atoms with E-state index in [1.165, 1.54) is 11.3 Å². The highest BCUT2D eigenvalue weighted by atomic mass is 32.1. The summed E-state index contributed by atoms with van der Waals surface area (Å²) in [6.07, 6.45) is 3.82. The van der Waals surface area contributed by atoms with Gasteiger partial charge in [-0.3, -0.25) is 14.2 Å². The van der Waals surface area contributed by atoms with E-state index in [1.807, 2.05) is 46.7 Å². The molecule has 2 fully saturated rings. The van der Waals surface area contributed by atoms with Crippen LogP contribution in [0.25, 0.3) is 10.9 Å². The van der Waals surface area contributed by atoms with E-state index in [0.717, 1.165) is 36.6 Å². The van der Waals surface area contributed by atoms with Crippen molar-refractivity contribution in [3.05, 3.63) is 67.4 Å². The average Bonchev–Trinajstić information content (AvgIpc) is 3.52. The molecule has 1 N–H and O–H groups in total. The molecule has 2 aliphatic rings. The van der Waals surface area contributed by atoms with Crippen molar-refractivity contribution in [1.29, 1.82) is 0 Å². The van der Waals surface area contributed by atoms with Gasteiger partial charge in [0.15, 0.2) is 0 Å². The number of fused-ring (bicyclic) bond motifs is 1. The minimum Gasteiger partial charge on any atom is -0.627 e. The van der Waals surface area contributed by atoms with Crippen LogP contribution in [0.5, 0.6) is 0 Å². The van der Waals surface area contributed by atoms with Gasteiger partial charge in [-0.05, 0) is 30.4 Å². The number of pyridine rings is 1. The third kappa shape index (κ3) is 3.61. The summed E-state index contributed by atoms with van der Waals surface area (Å²) in [7, 11) is 0. The fraction of sp³-hybridized carbons (Fsp3) is 0.391. The highest BCUT2D eigenvalue weighted by molar-refractivity contribution is 7.12. The van der Waals surface area contributed by atoms with Crippen LogP contribution in [0.4, 0.5) is 11.4 Å². The van der Waals surface area contributed by atoms with E-state index in [1.54, 1.807) is 9.47 Å². The monoisotopic (exact) mass is 453 g/mol. The van der Waals surface area contributed by atoms with Gasteiger partial charge in [-0.2, -0.15) is 0 Å². The van der Waals surface area contributed by atoms with Crippen molar-refractivity contribution in [2.45, 2.75) is 31.7 Å². The van der Waals surface area contributed by atoms with Crippen LogP contribution >= 0.6 is 11.3 Å². The molecule has 8 nitrogen and oxygen atoms in total. The van der Waals surface area contributed by atoms with Crippen molar-refractivity contribution in [3.8, 4) is 0 Å². The highest BCUT2D eigenvalue weighted by Crippen LogP contribution is 2.36. The number of carbonyl (C=O) groups excluding carboxylic acids is 1. The highest BCUT2D eigenvalue weighted by Gasteiger charge is 2.31. The first-order chi connectivity index (χ1) is 15.6. The van der Waals surface area contributed by atoms with Gasteiger partial charge >= 0.3 is 5.56 Å². The van der Waals surface area contributed by atoms with Gasteiger partial charge in [0.1, 0.15) is 5.69 Å². The van der Waals surface area contributed by atoms with Gasteiger partial charge in [-0.15, -0.1) is 11.3 Å². The number of amides is 1. The van der Waals surface area contributed by atoms with Crippen molar-refractivity contribution in [1.82, 2.24) is 9.47 Å². The zero-order chi connectivity index (χ0) is 22.2. The van der Waals surface area contributed by atoms with Crippen LogP contribution in [0, 0.1) is 10.4 Å². The van der Waals surface area contributed by atoms with Crippen LogP contribution in [0.15, 0.2) is 46.6 Å². The molecule has 1 saturated heterocycles. The Balaban J connectivity index is 1.54. The Morgan fingerprint density at radius 2 is 1.72 bits per heavy atom. The SMILES string of the molecule is O=C(c1cccs1)N1CCN(c2c([NH+]([O-])[O-])c(=O)n(C3CCCC3)c3ccccc23)CC1. The lowest BCUT2D eigenvalue weighted by atomic mass is 10.1. The van der Waals surface area contributed by atoms with Crippen LogP contribution in [0.1, 0.15) is 41.4 Å². The third-order valence-corrected chi connectivity index (χ3v) is 7.46. The second kappa shape index (κ2) is 8.67. The first-order valence-electron chi connectivity index (χ1n) is 11.0. The van der Waals surface area contributed by atoms with E-state index in [4.69, 9.17) is 0 Å². The molecule has 0 bridgehead atoms. The molecule has 2 aromatic heterocycles. The number of hydrogen-bond donors (Lipinski definition) is 1. The third-order valence-electron chi connectivity index (χ3n) is 6.60. The van der Waals surface area contributed by atoms with Gasteiger partial charge in [-0.25, -0.2) is 0 Å². The molecule has 0 spiro atoms. The number of piperazine rings is 1. The smallest absolute Gasteiger partial charge is 0.315 e. The van der Waals surface area contributed by atoms with Gasteiger partial charge < -0.3 is 25.4 Å². The Morgan fingerprint density at radius 3 is 2.38 bits per heavy atom. The van der Waals surface area contributed by atoms with E-state index >= 15 is 0 Å². The summed E-state index contributed by atoms with van der Waals surface area (Å²) in [6.45, 7) is 1.83. The molecule has 1 aromatic carbocycles. The molecule has 5 rings (SSSR count). The fourth-order valence-electron chi connectivity index (χ4n) is 5.08. The number of anilines is 1. The molecule has 1 amide bonds. The number of aromatic nitrogens is 1. The summed E-state index contributed by atoms with van der Waals surface area (Å²) in [4.78, 5) is 30.5. The zero-order valence-electron chi connectivity index (χ0n) is 17.7. The Labute approximate surface area is 189 Å². The van der Waals surface area contributed by atoms with Gasteiger partial charge in [0.2, 0.25) is 5.69 Å². The lowest BCUT2D eigenvalue weighted by Gasteiger charge is -2.39. The quantitative estimate of drug-likeness (QED) is 0.613. The number of rotatable bonds is 4.